The highest BCUT2D eigenvalue weighted by Crippen LogP contribution is 2.36. The lowest BCUT2D eigenvalue weighted by atomic mass is 9.73. The third-order valence-electron chi connectivity index (χ3n) is 5.22. The van der Waals surface area contributed by atoms with Crippen molar-refractivity contribution in [2.24, 2.45) is 0 Å². The van der Waals surface area contributed by atoms with Crippen LogP contribution >= 0.6 is 0 Å². The van der Waals surface area contributed by atoms with Crippen LogP contribution in [0.4, 0.5) is 5.69 Å². The first kappa shape index (κ1) is 17.5. The van der Waals surface area contributed by atoms with Gasteiger partial charge in [-0.15, -0.1) is 0 Å². The van der Waals surface area contributed by atoms with Gasteiger partial charge in [0.15, 0.2) is 0 Å². The molecule has 5 nitrogen and oxygen atoms in total. The van der Waals surface area contributed by atoms with Crippen molar-refractivity contribution in [1.29, 1.82) is 0 Å². The summed E-state index contributed by atoms with van der Waals surface area (Å²) in [6.07, 6.45) is 6.87. The molecule has 0 aliphatic carbocycles. The van der Waals surface area contributed by atoms with Gasteiger partial charge >= 0.3 is 0 Å². The van der Waals surface area contributed by atoms with E-state index in [1.165, 1.54) is 0 Å². The zero-order valence-electron chi connectivity index (χ0n) is 15.2. The van der Waals surface area contributed by atoms with Crippen molar-refractivity contribution in [3.8, 4) is 0 Å². The van der Waals surface area contributed by atoms with Gasteiger partial charge < -0.3 is 14.6 Å². The van der Waals surface area contributed by atoms with Gasteiger partial charge in [-0.3, -0.25) is 4.79 Å². The van der Waals surface area contributed by atoms with Crippen LogP contribution in [0.5, 0.6) is 0 Å². The van der Waals surface area contributed by atoms with Crippen LogP contribution in [-0.4, -0.2) is 28.7 Å². The first-order valence-corrected chi connectivity index (χ1v) is 9.26. The molecule has 0 spiro atoms. The molecule has 1 aliphatic rings. The summed E-state index contributed by atoms with van der Waals surface area (Å²) in [7, 11) is 0. The van der Waals surface area contributed by atoms with Crippen LogP contribution in [0.2, 0.25) is 0 Å². The number of nitrogens with zero attached hydrogens (tertiary/aromatic N) is 2. The second-order valence-corrected chi connectivity index (χ2v) is 6.95. The van der Waals surface area contributed by atoms with Crippen molar-refractivity contribution in [3.63, 3.8) is 0 Å². The Balaban J connectivity index is 1.56. The maximum atomic E-state index is 13.3. The van der Waals surface area contributed by atoms with E-state index in [2.05, 4.69) is 16.4 Å². The Bertz CT molecular complexity index is 885. The number of benzene rings is 2. The number of carbonyl (C=O) groups excluding carboxylic acids is 1. The zero-order chi connectivity index (χ0) is 18.5. The molecule has 1 saturated heterocycles. The number of rotatable bonds is 5. The summed E-state index contributed by atoms with van der Waals surface area (Å²) in [5.74, 6) is 0.0387. The second kappa shape index (κ2) is 7.76. The fourth-order valence-corrected chi connectivity index (χ4v) is 3.71. The van der Waals surface area contributed by atoms with Gasteiger partial charge in [0, 0.05) is 37.8 Å². The number of ether oxygens (including phenoxy) is 1. The average Bonchev–Trinajstić information content (AvgIpc) is 3.22. The van der Waals surface area contributed by atoms with Gasteiger partial charge in [-0.1, -0.05) is 42.5 Å². The molecule has 138 valence electrons. The van der Waals surface area contributed by atoms with Gasteiger partial charge in [-0.25, -0.2) is 4.98 Å². The number of amides is 1. The van der Waals surface area contributed by atoms with Gasteiger partial charge in [-0.05, 0) is 36.1 Å². The summed E-state index contributed by atoms with van der Waals surface area (Å²) in [4.78, 5) is 17.4. The number of hydrogen-bond donors (Lipinski definition) is 1. The van der Waals surface area contributed by atoms with Crippen molar-refractivity contribution in [2.75, 3.05) is 18.5 Å². The van der Waals surface area contributed by atoms with E-state index in [1.807, 2.05) is 59.3 Å². The topological polar surface area (TPSA) is 56.2 Å². The molecule has 4 rings (SSSR count). The van der Waals surface area contributed by atoms with Crippen LogP contribution in [0, 0.1) is 0 Å². The molecule has 1 aromatic heterocycles. The highest BCUT2D eigenvalue weighted by atomic mass is 16.5. The molecule has 0 radical (unpaired) electrons. The molecule has 1 N–H and O–H groups in total. The lowest BCUT2D eigenvalue weighted by Crippen LogP contribution is -2.44. The third kappa shape index (κ3) is 3.78. The first-order chi connectivity index (χ1) is 13.3. The minimum absolute atomic E-state index is 0.0387. The molecule has 0 bridgehead atoms. The number of carbonyl (C=O) groups is 1. The Kier molecular flexibility index (Phi) is 5.03. The molecule has 2 aromatic carbocycles. The van der Waals surface area contributed by atoms with Crippen molar-refractivity contribution in [3.05, 3.63) is 84.4 Å². The Morgan fingerprint density at radius 3 is 2.67 bits per heavy atom. The second-order valence-electron chi connectivity index (χ2n) is 6.95. The van der Waals surface area contributed by atoms with Crippen LogP contribution in [0.25, 0.3) is 0 Å². The van der Waals surface area contributed by atoms with Crippen molar-refractivity contribution in [2.45, 2.75) is 24.8 Å². The van der Waals surface area contributed by atoms with Crippen molar-refractivity contribution >= 4 is 11.6 Å². The van der Waals surface area contributed by atoms with Crippen LogP contribution in [0.3, 0.4) is 0 Å². The summed E-state index contributed by atoms with van der Waals surface area (Å²) >= 11 is 0. The molecule has 27 heavy (non-hydrogen) atoms. The number of anilines is 1. The Morgan fingerprint density at radius 1 is 1.11 bits per heavy atom. The van der Waals surface area contributed by atoms with Crippen LogP contribution in [-0.2, 0) is 21.5 Å². The van der Waals surface area contributed by atoms with E-state index in [9.17, 15) is 4.79 Å². The molecular weight excluding hydrogens is 338 g/mol. The third-order valence-corrected chi connectivity index (χ3v) is 5.22. The number of imidazole rings is 1. The first-order valence-electron chi connectivity index (χ1n) is 9.26. The van der Waals surface area contributed by atoms with E-state index in [-0.39, 0.29) is 5.91 Å². The minimum atomic E-state index is -0.542. The fraction of sp³-hybridized carbons (Fsp3) is 0.273. The summed E-state index contributed by atoms with van der Waals surface area (Å²) in [5, 5.41) is 3.15. The van der Waals surface area contributed by atoms with E-state index < -0.39 is 5.41 Å². The fourth-order valence-electron chi connectivity index (χ4n) is 3.71. The van der Waals surface area contributed by atoms with Gasteiger partial charge in [0.25, 0.3) is 0 Å². The van der Waals surface area contributed by atoms with Crippen molar-refractivity contribution < 1.29 is 9.53 Å². The van der Waals surface area contributed by atoms with Gasteiger partial charge in [0.1, 0.15) is 0 Å². The molecule has 0 unspecified atom stereocenters. The van der Waals surface area contributed by atoms with Crippen LogP contribution < -0.4 is 5.32 Å². The van der Waals surface area contributed by atoms with Crippen molar-refractivity contribution in [1.82, 2.24) is 9.55 Å². The molecule has 3 aromatic rings. The van der Waals surface area contributed by atoms with E-state index in [0.29, 0.717) is 26.1 Å². The standard InChI is InChI=1S/C22H23N3O2/c26-21(22(9-13-27-14-10-22)19-6-2-1-3-7-19)24-20-8-4-5-18(15-20)16-25-12-11-23-17-25/h1-8,11-12,15,17H,9-10,13-14,16H2,(H,24,26). The van der Waals surface area contributed by atoms with E-state index in [4.69, 9.17) is 4.74 Å². The normalized spacial score (nSPS) is 16.0. The summed E-state index contributed by atoms with van der Waals surface area (Å²) in [6.45, 7) is 1.92. The van der Waals surface area contributed by atoms with Gasteiger partial charge in [0.05, 0.1) is 11.7 Å². The zero-order valence-corrected chi connectivity index (χ0v) is 15.2. The van der Waals surface area contributed by atoms with E-state index >= 15 is 0 Å². The average molecular weight is 361 g/mol. The molecule has 0 atom stereocenters. The monoisotopic (exact) mass is 361 g/mol. The van der Waals surface area contributed by atoms with Gasteiger partial charge in [0.2, 0.25) is 5.91 Å². The van der Waals surface area contributed by atoms with Gasteiger partial charge in [-0.2, -0.15) is 0 Å². The Labute approximate surface area is 159 Å². The van der Waals surface area contributed by atoms with E-state index in [0.717, 1.165) is 23.4 Å². The lowest BCUT2D eigenvalue weighted by Gasteiger charge is -2.36. The molecule has 5 heteroatoms. The van der Waals surface area contributed by atoms with E-state index in [1.54, 1.807) is 12.5 Å². The molecule has 0 saturated carbocycles. The number of nitrogens with one attached hydrogen (secondary N) is 1. The highest BCUT2D eigenvalue weighted by Gasteiger charge is 2.41. The smallest absolute Gasteiger partial charge is 0.235 e. The van der Waals surface area contributed by atoms with Crippen LogP contribution in [0.15, 0.2) is 73.3 Å². The molecule has 1 aliphatic heterocycles. The number of hydrogen-bond acceptors (Lipinski definition) is 3. The summed E-state index contributed by atoms with van der Waals surface area (Å²) in [5.41, 5.74) is 2.45. The maximum Gasteiger partial charge on any atom is 0.235 e. The summed E-state index contributed by atoms with van der Waals surface area (Å²) in [6, 6.07) is 18.0. The predicted octanol–water partition coefficient (Wildman–Crippen LogP) is 3.62. The summed E-state index contributed by atoms with van der Waals surface area (Å²) < 4.78 is 7.54. The number of aromatic nitrogens is 2. The predicted molar refractivity (Wildman–Crippen MR) is 105 cm³/mol. The molecule has 1 amide bonds. The minimum Gasteiger partial charge on any atom is -0.381 e. The largest absolute Gasteiger partial charge is 0.381 e. The molecular formula is C22H23N3O2. The lowest BCUT2D eigenvalue weighted by molar-refractivity contribution is -0.125. The maximum absolute atomic E-state index is 13.3. The SMILES string of the molecule is O=C(Nc1cccc(Cn2ccnc2)c1)C1(c2ccccc2)CCOCC1. The molecule has 2 heterocycles. The quantitative estimate of drug-likeness (QED) is 0.755. The molecule has 1 fully saturated rings. The Hall–Kier alpha value is -2.92. The Morgan fingerprint density at radius 2 is 1.93 bits per heavy atom. The highest BCUT2D eigenvalue weighted by molar-refractivity contribution is 5.99. The van der Waals surface area contributed by atoms with Crippen LogP contribution in [0.1, 0.15) is 24.0 Å².